The van der Waals surface area contributed by atoms with Crippen molar-refractivity contribution >= 4 is 0 Å². The highest BCUT2D eigenvalue weighted by atomic mass is 16.5. The van der Waals surface area contributed by atoms with Crippen molar-refractivity contribution in [3.05, 3.63) is 59.7 Å². The standard InChI is InChI=1S/C16H18N2O2/c1-20-12-7-8-13(15(19)9-12)16-14(10-17-18-16)11-5-3-2-4-6-11/h2-9,14,16-19H,10H2,1H3. The maximum Gasteiger partial charge on any atom is 0.124 e. The van der Waals surface area contributed by atoms with Gasteiger partial charge in [-0.15, -0.1) is 0 Å². The molecule has 3 rings (SSSR count). The van der Waals surface area contributed by atoms with Crippen LogP contribution < -0.4 is 15.6 Å². The monoisotopic (exact) mass is 270 g/mol. The highest BCUT2D eigenvalue weighted by molar-refractivity contribution is 5.43. The Morgan fingerprint density at radius 2 is 1.95 bits per heavy atom. The van der Waals surface area contributed by atoms with Crippen molar-refractivity contribution in [1.82, 2.24) is 10.9 Å². The van der Waals surface area contributed by atoms with Gasteiger partial charge >= 0.3 is 0 Å². The third-order valence-electron chi connectivity index (χ3n) is 3.78. The Balaban J connectivity index is 1.93. The molecule has 20 heavy (non-hydrogen) atoms. The average Bonchev–Trinajstić information content (AvgIpc) is 2.97. The third kappa shape index (κ3) is 2.35. The molecule has 0 saturated carbocycles. The molecule has 1 aliphatic rings. The summed E-state index contributed by atoms with van der Waals surface area (Å²) in [5.74, 6) is 1.20. The zero-order valence-electron chi connectivity index (χ0n) is 11.3. The van der Waals surface area contributed by atoms with Crippen LogP contribution in [0, 0.1) is 0 Å². The Bertz CT molecular complexity index is 586. The normalized spacial score (nSPS) is 21.9. The molecule has 1 fully saturated rings. The van der Waals surface area contributed by atoms with E-state index in [9.17, 15) is 5.11 Å². The Kier molecular flexibility index (Phi) is 3.58. The molecule has 0 radical (unpaired) electrons. The van der Waals surface area contributed by atoms with Crippen molar-refractivity contribution < 1.29 is 9.84 Å². The highest BCUT2D eigenvalue weighted by Gasteiger charge is 2.31. The first-order valence-corrected chi connectivity index (χ1v) is 6.70. The van der Waals surface area contributed by atoms with Crippen LogP contribution in [0.25, 0.3) is 0 Å². The van der Waals surface area contributed by atoms with E-state index in [0.717, 1.165) is 12.1 Å². The van der Waals surface area contributed by atoms with Crippen molar-refractivity contribution in [2.45, 2.75) is 12.0 Å². The van der Waals surface area contributed by atoms with Gasteiger partial charge in [0, 0.05) is 24.1 Å². The van der Waals surface area contributed by atoms with Gasteiger partial charge in [-0.3, -0.25) is 5.43 Å². The summed E-state index contributed by atoms with van der Waals surface area (Å²) in [6, 6.07) is 15.8. The smallest absolute Gasteiger partial charge is 0.124 e. The van der Waals surface area contributed by atoms with E-state index >= 15 is 0 Å². The third-order valence-corrected chi connectivity index (χ3v) is 3.78. The second-order valence-electron chi connectivity index (χ2n) is 4.94. The first-order chi connectivity index (χ1) is 9.79. The number of benzene rings is 2. The average molecular weight is 270 g/mol. The predicted molar refractivity (Wildman–Crippen MR) is 77.7 cm³/mol. The van der Waals surface area contributed by atoms with Gasteiger partial charge in [-0.1, -0.05) is 36.4 Å². The number of methoxy groups -OCH3 is 1. The first kappa shape index (κ1) is 13.0. The summed E-state index contributed by atoms with van der Waals surface area (Å²) in [4.78, 5) is 0. The molecular formula is C16H18N2O2. The van der Waals surface area contributed by atoms with Gasteiger partial charge in [0.2, 0.25) is 0 Å². The summed E-state index contributed by atoms with van der Waals surface area (Å²) in [6.07, 6.45) is 0. The van der Waals surface area contributed by atoms with Crippen molar-refractivity contribution in [2.75, 3.05) is 13.7 Å². The fourth-order valence-corrected chi connectivity index (χ4v) is 2.72. The second-order valence-corrected chi connectivity index (χ2v) is 4.94. The molecule has 1 saturated heterocycles. The number of nitrogens with one attached hydrogen (secondary N) is 2. The lowest BCUT2D eigenvalue weighted by Gasteiger charge is -2.20. The van der Waals surface area contributed by atoms with Gasteiger partial charge in [-0.2, -0.15) is 0 Å². The van der Waals surface area contributed by atoms with E-state index in [-0.39, 0.29) is 17.7 Å². The second kappa shape index (κ2) is 5.53. The van der Waals surface area contributed by atoms with Crippen molar-refractivity contribution in [3.8, 4) is 11.5 Å². The molecule has 0 aromatic heterocycles. The number of rotatable bonds is 3. The van der Waals surface area contributed by atoms with Gasteiger partial charge in [0.1, 0.15) is 11.5 Å². The SMILES string of the molecule is COc1ccc(C2NNCC2c2ccccc2)c(O)c1. The predicted octanol–water partition coefficient (Wildman–Crippen LogP) is 2.33. The minimum absolute atomic E-state index is 0.0447. The summed E-state index contributed by atoms with van der Waals surface area (Å²) in [6.45, 7) is 0.833. The van der Waals surface area contributed by atoms with Gasteiger partial charge in [-0.05, 0) is 11.6 Å². The molecule has 1 aliphatic heterocycles. The lowest BCUT2D eigenvalue weighted by atomic mass is 9.88. The minimum Gasteiger partial charge on any atom is -0.507 e. The number of phenols is 1. The molecule has 4 nitrogen and oxygen atoms in total. The lowest BCUT2D eigenvalue weighted by molar-refractivity contribution is 0.403. The maximum atomic E-state index is 10.2. The molecule has 1 heterocycles. The van der Waals surface area contributed by atoms with Gasteiger partial charge in [0.25, 0.3) is 0 Å². The first-order valence-electron chi connectivity index (χ1n) is 6.70. The van der Waals surface area contributed by atoms with Crippen LogP contribution in [0.4, 0.5) is 0 Å². The quantitative estimate of drug-likeness (QED) is 0.801. The van der Waals surface area contributed by atoms with E-state index in [1.807, 2.05) is 30.3 Å². The largest absolute Gasteiger partial charge is 0.507 e. The molecule has 0 bridgehead atoms. The summed E-state index contributed by atoms with van der Waals surface area (Å²) >= 11 is 0. The number of phenolic OH excluding ortho intramolecular Hbond substituents is 1. The van der Waals surface area contributed by atoms with Crippen LogP contribution >= 0.6 is 0 Å². The van der Waals surface area contributed by atoms with Crippen molar-refractivity contribution in [3.63, 3.8) is 0 Å². The van der Waals surface area contributed by atoms with Crippen LogP contribution in [0.1, 0.15) is 23.1 Å². The molecule has 2 unspecified atom stereocenters. The molecule has 3 N–H and O–H groups in total. The van der Waals surface area contributed by atoms with E-state index in [0.29, 0.717) is 5.75 Å². The number of hydrogen-bond donors (Lipinski definition) is 3. The van der Waals surface area contributed by atoms with E-state index in [4.69, 9.17) is 4.74 Å². The molecule has 0 amide bonds. The highest BCUT2D eigenvalue weighted by Crippen LogP contribution is 2.38. The minimum atomic E-state index is 0.0447. The van der Waals surface area contributed by atoms with E-state index in [1.54, 1.807) is 13.2 Å². The number of aromatic hydroxyl groups is 1. The van der Waals surface area contributed by atoms with Crippen LogP contribution in [0.3, 0.4) is 0 Å². The molecule has 0 aliphatic carbocycles. The van der Waals surface area contributed by atoms with Crippen LogP contribution in [-0.2, 0) is 0 Å². The van der Waals surface area contributed by atoms with Gasteiger partial charge in [0.15, 0.2) is 0 Å². The van der Waals surface area contributed by atoms with Crippen LogP contribution in [0.15, 0.2) is 48.5 Å². The molecule has 4 heteroatoms. The lowest BCUT2D eigenvalue weighted by Crippen LogP contribution is -2.24. The maximum absolute atomic E-state index is 10.2. The molecule has 2 atom stereocenters. The van der Waals surface area contributed by atoms with Crippen molar-refractivity contribution in [2.24, 2.45) is 0 Å². The van der Waals surface area contributed by atoms with Crippen LogP contribution in [0.2, 0.25) is 0 Å². The summed E-state index contributed by atoms with van der Waals surface area (Å²) < 4.78 is 5.13. The molecule has 2 aromatic rings. The Morgan fingerprint density at radius 1 is 1.15 bits per heavy atom. The summed E-state index contributed by atoms with van der Waals surface area (Å²) in [5.41, 5.74) is 8.57. The summed E-state index contributed by atoms with van der Waals surface area (Å²) in [7, 11) is 1.59. The Labute approximate surface area is 118 Å². The zero-order valence-corrected chi connectivity index (χ0v) is 11.3. The molecule has 104 valence electrons. The molecule has 0 spiro atoms. The van der Waals surface area contributed by atoms with E-state index in [2.05, 4.69) is 23.0 Å². The summed E-state index contributed by atoms with van der Waals surface area (Å²) in [5, 5.41) is 10.2. The Morgan fingerprint density at radius 3 is 2.65 bits per heavy atom. The number of ether oxygens (including phenoxy) is 1. The molecular weight excluding hydrogens is 252 g/mol. The number of hydrazine groups is 1. The van der Waals surface area contributed by atoms with Gasteiger partial charge in [0.05, 0.1) is 13.2 Å². The van der Waals surface area contributed by atoms with E-state index in [1.165, 1.54) is 5.56 Å². The van der Waals surface area contributed by atoms with Crippen LogP contribution in [0.5, 0.6) is 11.5 Å². The fourth-order valence-electron chi connectivity index (χ4n) is 2.72. The topological polar surface area (TPSA) is 53.5 Å². The van der Waals surface area contributed by atoms with Gasteiger partial charge < -0.3 is 9.84 Å². The fraction of sp³-hybridized carbons (Fsp3) is 0.250. The van der Waals surface area contributed by atoms with Crippen LogP contribution in [-0.4, -0.2) is 18.8 Å². The van der Waals surface area contributed by atoms with Gasteiger partial charge in [-0.25, -0.2) is 5.43 Å². The van der Waals surface area contributed by atoms with E-state index < -0.39 is 0 Å². The molecule has 2 aromatic carbocycles. The van der Waals surface area contributed by atoms with Crippen molar-refractivity contribution in [1.29, 1.82) is 0 Å². The number of hydrogen-bond acceptors (Lipinski definition) is 4. The Hall–Kier alpha value is -2.04. The zero-order chi connectivity index (χ0) is 13.9.